The topological polar surface area (TPSA) is 57.8 Å². The number of aromatic amines is 1. The minimum absolute atomic E-state index is 0.0389. The number of hydrogen-bond donors (Lipinski definition) is 2. The first-order valence-corrected chi connectivity index (χ1v) is 11.0. The Labute approximate surface area is 181 Å². The molecule has 2 aliphatic rings. The van der Waals surface area contributed by atoms with Crippen LogP contribution in [0.4, 0.5) is 5.69 Å². The number of hydrogen-bond acceptors (Lipinski definition) is 2. The summed E-state index contributed by atoms with van der Waals surface area (Å²) in [5.41, 5.74) is 8.72. The van der Waals surface area contributed by atoms with E-state index in [0.29, 0.717) is 0 Å². The standard InChI is InChI=1S/C27H23N3O/c31-27-22(20-10-4-6-12-24(20)30-27)16-26-21(19-9-3-5-11-23(19)29-26)15-25-18-8-2-1-7-17(18)13-14-28-25/h1-2,4,6-8,10,12-14,16,29H,3,5,9,11,15H2,(H,30,31). The Morgan fingerprint density at radius 1 is 0.968 bits per heavy atom. The van der Waals surface area contributed by atoms with Crippen LogP contribution in [0, 0.1) is 0 Å². The van der Waals surface area contributed by atoms with E-state index >= 15 is 0 Å². The molecule has 2 N–H and O–H groups in total. The van der Waals surface area contributed by atoms with Gasteiger partial charge in [-0.25, -0.2) is 0 Å². The van der Waals surface area contributed by atoms with E-state index in [1.807, 2.05) is 36.5 Å². The molecule has 1 aliphatic heterocycles. The molecule has 1 aliphatic carbocycles. The largest absolute Gasteiger partial charge is 0.358 e. The predicted molar refractivity (Wildman–Crippen MR) is 125 cm³/mol. The normalized spacial score (nSPS) is 16.4. The zero-order valence-electron chi connectivity index (χ0n) is 17.2. The van der Waals surface area contributed by atoms with Gasteiger partial charge in [-0.1, -0.05) is 42.5 Å². The highest BCUT2D eigenvalue weighted by Gasteiger charge is 2.26. The average Bonchev–Trinajstić information content (AvgIpc) is 3.31. The lowest BCUT2D eigenvalue weighted by molar-refractivity contribution is -0.110. The number of anilines is 1. The van der Waals surface area contributed by atoms with Crippen LogP contribution in [-0.2, 0) is 24.1 Å². The molecule has 2 aromatic carbocycles. The molecule has 6 rings (SSSR count). The van der Waals surface area contributed by atoms with Gasteiger partial charge in [0.1, 0.15) is 0 Å². The molecular formula is C27H23N3O. The number of benzene rings is 2. The smallest absolute Gasteiger partial charge is 0.256 e. The molecule has 0 fully saturated rings. The number of H-pyrrole nitrogens is 1. The van der Waals surface area contributed by atoms with Crippen molar-refractivity contribution in [1.82, 2.24) is 9.97 Å². The number of fused-ring (bicyclic) bond motifs is 3. The summed E-state index contributed by atoms with van der Waals surface area (Å²) in [5.74, 6) is -0.0389. The van der Waals surface area contributed by atoms with Crippen LogP contribution in [0.15, 0.2) is 60.8 Å². The molecule has 0 spiro atoms. The Balaban J connectivity index is 1.50. The van der Waals surface area contributed by atoms with E-state index in [-0.39, 0.29) is 5.91 Å². The molecule has 3 heterocycles. The second-order valence-corrected chi connectivity index (χ2v) is 8.39. The van der Waals surface area contributed by atoms with E-state index in [1.54, 1.807) is 0 Å². The number of nitrogens with one attached hydrogen (secondary N) is 2. The quantitative estimate of drug-likeness (QED) is 0.441. The van der Waals surface area contributed by atoms with Crippen molar-refractivity contribution >= 4 is 34.0 Å². The SMILES string of the molecule is O=C1Nc2ccccc2C1=Cc1[nH]c2c(c1Cc1nccc3ccccc13)CCCC2. The highest BCUT2D eigenvalue weighted by Crippen LogP contribution is 2.36. The summed E-state index contributed by atoms with van der Waals surface area (Å²) in [6, 6.07) is 18.4. The lowest BCUT2D eigenvalue weighted by Crippen LogP contribution is -2.04. The van der Waals surface area contributed by atoms with Crippen LogP contribution in [0.25, 0.3) is 22.4 Å². The first-order valence-electron chi connectivity index (χ1n) is 11.0. The minimum atomic E-state index is -0.0389. The summed E-state index contributed by atoms with van der Waals surface area (Å²) < 4.78 is 0. The van der Waals surface area contributed by atoms with E-state index in [2.05, 4.69) is 40.6 Å². The number of nitrogens with zero attached hydrogens (tertiary/aromatic N) is 1. The Morgan fingerprint density at radius 3 is 2.77 bits per heavy atom. The van der Waals surface area contributed by atoms with Gasteiger partial charge in [-0.3, -0.25) is 9.78 Å². The molecule has 1 amide bonds. The maximum atomic E-state index is 12.7. The summed E-state index contributed by atoms with van der Waals surface area (Å²) in [5, 5.41) is 5.39. The average molecular weight is 406 g/mol. The lowest BCUT2D eigenvalue weighted by Gasteiger charge is -2.13. The van der Waals surface area contributed by atoms with E-state index < -0.39 is 0 Å². The van der Waals surface area contributed by atoms with Gasteiger partial charge in [0.15, 0.2) is 0 Å². The number of aryl methyl sites for hydroxylation is 1. The minimum Gasteiger partial charge on any atom is -0.358 e. The molecule has 152 valence electrons. The van der Waals surface area contributed by atoms with Crippen LogP contribution in [-0.4, -0.2) is 15.9 Å². The van der Waals surface area contributed by atoms with Gasteiger partial charge in [0.05, 0.1) is 11.3 Å². The molecule has 4 heteroatoms. The van der Waals surface area contributed by atoms with Crippen LogP contribution in [0.3, 0.4) is 0 Å². The second-order valence-electron chi connectivity index (χ2n) is 8.39. The Hall–Kier alpha value is -3.66. The van der Waals surface area contributed by atoms with Gasteiger partial charge in [0.25, 0.3) is 5.91 Å². The van der Waals surface area contributed by atoms with E-state index in [0.717, 1.165) is 47.5 Å². The summed E-state index contributed by atoms with van der Waals surface area (Å²) in [6.07, 6.45) is 9.26. The van der Waals surface area contributed by atoms with Crippen molar-refractivity contribution in [3.05, 3.63) is 94.6 Å². The Morgan fingerprint density at radius 2 is 1.81 bits per heavy atom. The molecule has 4 nitrogen and oxygen atoms in total. The molecule has 0 unspecified atom stereocenters. The van der Waals surface area contributed by atoms with Gasteiger partial charge in [-0.2, -0.15) is 0 Å². The highest BCUT2D eigenvalue weighted by atomic mass is 16.2. The van der Waals surface area contributed by atoms with E-state index in [1.165, 1.54) is 40.4 Å². The second kappa shape index (κ2) is 7.24. The molecule has 0 saturated heterocycles. The number of para-hydroxylation sites is 1. The fourth-order valence-electron chi connectivity index (χ4n) is 5.02. The third-order valence-corrected chi connectivity index (χ3v) is 6.54. The molecule has 0 saturated carbocycles. The number of rotatable bonds is 3. The zero-order valence-corrected chi connectivity index (χ0v) is 17.2. The number of pyridine rings is 1. The number of carbonyl (C=O) groups is 1. The van der Waals surface area contributed by atoms with Crippen LogP contribution in [0.1, 0.15) is 46.6 Å². The fraction of sp³-hybridized carbons (Fsp3) is 0.185. The van der Waals surface area contributed by atoms with Crippen molar-refractivity contribution in [2.75, 3.05) is 5.32 Å². The molecular weight excluding hydrogens is 382 g/mol. The fourth-order valence-corrected chi connectivity index (χ4v) is 5.02. The maximum Gasteiger partial charge on any atom is 0.256 e. The van der Waals surface area contributed by atoms with Gasteiger partial charge in [0, 0.05) is 40.6 Å². The van der Waals surface area contributed by atoms with Gasteiger partial charge in [-0.15, -0.1) is 0 Å². The first kappa shape index (κ1) is 18.1. The molecule has 31 heavy (non-hydrogen) atoms. The number of amides is 1. The van der Waals surface area contributed by atoms with Crippen molar-refractivity contribution in [3.63, 3.8) is 0 Å². The predicted octanol–water partition coefficient (Wildman–Crippen LogP) is 5.53. The molecule has 0 atom stereocenters. The summed E-state index contributed by atoms with van der Waals surface area (Å²) >= 11 is 0. The van der Waals surface area contributed by atoms with Gasteiger partial charge in [-0.05, 0) is 60.4 Å². The summed E-state index contributed by atoms with van der Waals surface area (Å²) in [4.78, 5) is 21.1. The monoisotopic (exact) mass is 405 g/mol. The van der Waals surface area contributed by atoms with Crippen molar-refractivity contribution < 1.29 is 4.79 Å². The first-order chi connectivity index (χ1) is 15.3. The molecule has 0 bridgehead atoms. The van der Waals surface area contributed by atoms with Crippen molar-refractivity contribution in [1.29, 1.82) is 0 Å². The molecule has 0 radical (unpaired) electrons. The summed E-state index contributed by atoms with van der Waals surface area (Å²) in [7, 11) is 0. The van der Waals surface area contributed by atoms with Gasteiger partial charge >= 0.3 is 0 Å². The van der Waals surface area contributed by atoms with Crippen molar-refractivity contribution in [2.45, 2.75) is 32.1 Å². The number of aromatic nitrogens is 2. The van der Waals surface area contributed by atoms with Crippen molar-refractivity contribution in [3.8, 4) is 0 Å². The third-order valence-electron chi connectivity index (χ3n) is 6.54. The van der Waals surface area contributed by atoms with Crippen molar-refractivity contribution in [2.24, 2.45) is 0 Å². The van der Waals surface area contributed by atoms with Gasteiger partial charge in [0.2, 0.25) is 0 Å². The van der Waals surface area contributed by atoms with Crippen LogP contribution in [0.2, 0.25) is 0 Å². The van der Waals surface area contributed by atoms with E-state index in [4.69, 9.17) is 4.98 Å². The van der Waals surface area contributed by atoms with Crippen LogP contribution >= 0.6 is 0 Å². The third kappa shape index (κ3) is 3.07. The van der Waals surface area contributed by atoms with Crippen LogP contribution < -0.4 is 5.32 Å². The molecule has 4 aromatic rings. The summed E-state index contributed by atoms with van der Waals surface area (Å²) in [6.45, 7) is 0. The Bertz CT molecular complexity index is 1360. The van der Waals surface area contributed by atoms with Gasteiger partial charge < -0.3 is 10.3 Å². The Kier molecular flexibility index (Phi) is 4.23. The molecule has 2 aromatic heterocycles. The lowest BCUT2D eigenvalue weighted by atomic mass is 9.91. The maximum absolute atomic E-state index is 12.7. The highest BCUT2D eigenvalue weighted by molar-refractivity contribution is 6.34. The van der Waals surface area contributed by atoms with Crippen LogP contribution in [0.5, 0.6) is 0 Å². The van der Waals surface area contributed by atoms with E-state index in [9.17, 15) is 4.79 Å². The number of carbonyl (C=O) groups excluding carboxylic acids is 1. The zero-order chi connectivity index (χ0) is 20.8.